The fourth-order valence-electron chi connectivity index (χ4n) is 0.974. The van der Waals surface area contributed by atoms with E-state index in [0.29, 0.717) is 19.4 Å². The first kappa shape index (κ1) is 17.2. The monoisotopic (exact) mass is 272 g/mol. The van der Waals surface area contributed by atoms with Crippen LogP contribution in [0.3, 0.4) is 0 Å². The summed E-state index contributed by atoms with van der Waals surface area (Å²) < 4.78 is 14.2. The summed E-state index contributed by atoms with van der Waals surface area (Å²) in [5, 5.41) is 0. The molecule has 6 nitrogen and oxygen atoms in total. The van der Waals surface area contributed by atoms with Crippen molar-refractivity contribution in [3.63, 3.8) is 0 Å². The van der Waals surface area contributed by atoms with Crippen molar-refractivity contribution in [1.82, 2.24) is 0 Å². The van der Waals surface area contributed by atoms with Crippen LogP contribution >= 0.6 is 0 Å². The van der Waals surface area contributed by atoms with Gasteiger partial charge in [-0.2, -0.15) is 0 Å². The molecule has 0 aromatic rings. The number of carbonyl (C=O) groups is 3. The van der Waals surface area contributed by atoms with Crippen molar-refractivity contribution < 1.29 is 28.6 Å². The lowest BCUT2D eigenvalue weighted by Crippen LogP contribution is -2.16. The molecule has 0 heterocycles. The van der Waals surface area contributed by atoms with E-state index in [9.17, 15) is 14.4 Å². The molecule has 0 saturated heterocycles. The van der Waals surface area contributed by atoms with Gasteiger partial charge in [-0.3, -0.25) is 0 Å². The Labute approximate surface area is 112 Å². The van der Waals surface area contributed by atoms with Gasteiger partial charge >= 0.3 is 17.9 Å². The number of hydrogen-bond acceptors (Lipinski definition) is 6. The molecule has 0 aromatic carbocycles. The number of ether oxygens (including phenoxy) is 3. The Kier molecular flexibility index (Phi) is 9.12. The zero-order valence-electron chi connectivity index (χ0n) is 11.6. The summed E-state index contributed by atoms with van der Waals surface area (Å²) in [6.45, 7) is 5.27. The van der Waals surface area contributed by atoms with Gasteiger partial charge in [-0.1, -0.05) is 13.8 Å². The van der Waals surface area contributed by atoms with Gasteiger partial charge in [0.05, 0.1) is 13.2 Å². The van der Waals surface area contributed by atoms with Gasteiger partial charge in [0.1, 0.15) is 0 Å². The van der Waals surface area contributed by atoms with E-state index in [4.69, 9.17) is 9.47 Å². The van der Waals surface area contributed by atoms with E-state index >= 15 is 0 Å². The van der Waals surface area contributed by atoms with Gasteiger partial charge in [-0.05, 0) is 19.8 Å². The Morgan fingerprint density at radius 2 is 1.53 bits per heavy atom. The third-order valence-corrected chi connectivity index (χ3v) is 1.89. The summed E-state index contributed by atoms with van der Waals surface area (Å²) in [6, 6.07) is 0. The van der Waals surface area contributed by atoms with Crippen LogP contribution in [-0.2, 0) is 28.6 Å². The average Bonchev–Trinajstić information content (AvgIpc) is 2.39. The topological polar surface area (TPSA) is 78.9 Å². The molecule has 0 aliphatic heterocycles. The van der Waals surface area contributed by atoms with Crippen molar-refractivity contribution >= 4 is 17.9 Å². The van der Waals surface area contributed by atoms with Crippen molar-refractivity contribution in [2.24, 2.45) is 0 Å². The van der Waals surface area contributed by atoms with Gasteiger partial charge in [0.2, 0.25) is 0 Å². The maximum Gasteiger partial charge on any atom is 0.344 e. The maximum absolute atomic E-state index is 11.3. The van der Waals surface area contributed by atoms with Crippen molar-refractivity contribution in [2.45, 2.75) is 33.6 Å². The van der Waals surface area contributed by atoms with Gasteiger partial charge in [0.25, 0.3) is 0 Å². The predicted octanol–water partition coefficient (Wildman–Crippen LogP) is 1.38. The molecule has 0 aliphatic rings. The van der Waals surface area contributed by atoms with Crippen LogP contribution in [0.15, 0.2) is 11.6 Å². The minimum absolute atomic E-state index is 0.125. The Hall–Kier alpha value is -1.85. The zero-order valence-corrected chi connectivity index (χ0v) is 11.6. The molecule has 0 fully saturated rings. The fraction of sp³-hybridized carbons (Fsp3) is 0.615. The third kappa shape index (κ3) is 8.82. The Morgan fingerprint density at radius 1 is 0.947 bits per heavy atom. The number of rotatable bonds is 8. The second kappa shape index (κ2) is 10.1. The summed E-state index contributed by atoms with van der Waals surface area (Å²) in [5.74, 6) is -1.97. The molecular formula is C13H20O6. The summed E-state index contributed by atoms with van der Waals surface area (Å²) in [6.07, 6.45) is 2.39. The molecule has 0 aliphatic carbocycles. The fourth-order valence-corrected chi connectivity index (χ4v) is 0.974. The van der Waals surface area contributed by atoms with Crippen LogP contribution in [-0.4, -0.2) is 37.7 Å². The van der Waals surface area contributed by atoms with E-state index in [1.165, 1.54) is 6.92 Å². The third-order valence-electron chi connectivity index (χ3n) is 1.89. The highest BCUT2D eigenvalue weighted by atomic mass is 16.6. The number of esters is 3. The van der Waals surface area contributed by atoms with Crippen LogP contribution in [0.25, 0.3) is 0 Å². The van der Waals surface area contributed by atoms with Crippen molar-refractivity contribution in [2.75, 3.05) is 19.8 Å². The highest BCUT2D eigenvalue weighted by molar-refractivity contribution is 5.96. The second-order valence-corrected chi connectivity index (χ2v) is 3.79. The van der Waals surface area contributed by atoms with E-state index in [1.54, 1.807) is 0 Å². The first-order valence-corrected chi connectivity index (χ1v) is 6.19. The van der Waals surface area contributed by atoms with E-state index < -0.39 is 24.5 Å². The van der Waals surface area contributed by atoms with E-state index in [2.05, 4.69) is 4.74 Å². The molecule has 0 bridgehead atoms. The highest BCUT2D eigenvalue weighted by Gasteiger charge is 2.10. The molecule has 6 heteroatoms. The quantitative estimate of drug-likeness (QED) is 0.377. The van der Waals surface area contributed by atoms with Crippen molar-refractivity contribution in [3.05, 3.63) is 11.6 Å². The maximum atomic E-state index is 11.3. The minimum Gasteiger partial charge on any atom is -0.463 e. The summed E-state index contributed by atoms with van der Waals surface area (Å²) in [4.78, 5) is 33.7. The van der Waals surface area contributed by atoms with Crippen LogP contribution in [0.5, 0.6) is 0 Å². The molecule has 0 N–H and O–H groups in total. The largest absolute Gasteiger partial charge is 0.463 e. The summed E-state index contributed by atoms with van der Waals surface area (Å²) in [5.41, 5.74) is 0.125. The zero-order chi connectivity index (χ0) is 14.7. The minimum atomic E-state index is -0.778. The lowest BCUT2D eigenvalue weighted by atomic mass is 10.3. The molecule has 0 aromatic heterocycles. The highest BCUT2D eigenvalue weighted by Crippen LogP contribution is 1.99. The van der Waals surface area contributed by atoms with E-state index in [-0.39, 0.29) is 12.2 Å². The van der Waals surface area contributed by atoms with Gasteiger partial charge in [0, 0.05) is 11.6 Å². The summed E-state index contributed by atoms with van der Waals surface area (Å²) in [7, 11) is 0. The molecule has 0 atom stereocenters. The van der Waals surface area contributed by atoms with Crippen LogP contribution in [0.2, 0.25) is 0 Å². The molecule has 0 unspecified atom stereocenters. The molecule has 0 amide bonds. The second-order valence-electron chi connectivity index (χ2n) is 3.79. The van der Waals surface area contributed by atoms with Crippen LogP contribution in [0.1, 0.15) is 33.6 Å². The summed E-state index contributed by atoms with van der Waals surface area (Å²) >= 11 is 0. The predicted molar refractivity (Wildman–Crippen MR) is 67.2 cm³/mol. The average molecular weight is 272 g/mol. The smallest absolute Gasteiger partial charge is 0.344 e. The molecule has 108 valence electrons. The molecular weight excluding hydrogens is 252 g/mol. The van der Waals surface area contributed by atoms with Crippen LogP contribution in [0.4, 0.5) is 0 Å². The van der Waals surface area contributed by atoms with Crippen molar-refractivity contribution in [3.8, 4) is 0 Å². The lowest BCUT2D eigenvalue weighted by Gasteiger charge is -2.04. The standard InChI is InChI=1S/C13H20O6/c1-4-6-17-12(15)9-19-11(14)8-10(3)13(16)18-7-5-2/h8H,4-7,9H2,1-3H3/b10-8-. The normalized spacial score (nSPS) is 10.8. The first-order chi connectivity index (χ1) is 9.01. The molecule has 0 saturated carbocycles. The Bertz CT molecular complexity index is 345. The van der Waals surface area contributed by atoms with Crippen LogP contribution in [0, 0.1) is 0 Å². The van der Waals surface area contributed by atoms with Gasteiger partial charge in [-0.15, -0.1) is 0 Å². The van der Waals surface area contributed by atoms with Gasteiger partial charge < -0.3 is 14.2 Å². The lowest BCUT2D eigenvalue weighted by molar-refractivity contribution is -0.156. The molecule has 0 spiro atoms. The molecule has 19 heavy (non-hydrogen) atoms. The van der Waals surface area contributed by atoms with Gasteiger partial charge in [-0.25, -0.2) is 14.4 Å². The molecule has 0 rings (SSSR count). The molecule has 0 radical (unpaired) electrons. The number of hydrogen-bond donors (Lipinski definition) is 0. The van der Waals surface area contributed by atoms with Crippen molar-refractivity contribution in [1.29, 1.82) is 0 Å². The Balaban J connectivity index is 4.07. The Morgan fingerprint density at radius 3 is 2.11 bits per heavy atom. The first-order valence-electron chi connectivity index (χ1n) is 6.19. The van der Waals surface area contributed by atoms with Crippen LogP contribution < -0.4 is 0 Å². The van der Waals surface area contributed by atoms with Gasteiger partial charge in [0.15, 0.2) is 6.61 Å². The number of carbonyl (C=O) groups excluding carboxylic acids is 3. The SMILES string of the molecule is CCCOC(=O)COC(=O)/C=C(/C)C(=O)OCCC. The van der Waals surface area contributed by atoms with E-state index in [0.717, 1.165) is 6.08 Å². The van der Waals surface area contributed by atoms with E-state index in [1.807, 2.05) is 13.8 Å².